The molecule has 0 saturated carbocycles. The summed E-state index contributed by atoms with van der Waals surface area (Å²) in [6.07, 6.45) is 0.577. The molecule has 0 spiro atoms. The van der Waals surface area contributed by atoms with Gasteiger partial charge in [-0.1, -0.05) is 6.07 Å². The molecule has 0 radical (unpaired) electrons. The second-order valence-electron chi connectivity index (χ2n) is 7.07. The van der Waals surface area contributed by atoms with E-state index in [9.17, 15) is 14.0 Å². The van der Waals surface area contributed by atoms with E-state index in [0.29, 0.717) is 36.8 Å². The first-order chi connectivity index (χ1) is 14.4. The van der Waals surface area contributed by atoms with E-state index in [-0.39, 0.29) is 23.9 Å². The van der Waals surface area contributed by atoms with Crippen LogP contribution in [0.15, 0.2) is 24.3 Å². The quantitative estimate of drug-likeness (QED) is 0.687. The molecule has 3 heterocycles. The highest BCUT2D eigenvalue weighted by Crippen LogP contribution is 2.20. The molecule has 0 atom stereocenters. The van der Waals surface area contributed by atoms with Crippen LogP contribution in [0.3, 0.4) is 0 Å². The zero-order chi connectivity index (χ0) is 21.3. The zero-order valence-corrected chi connectivity index (χ0v) is 17.5. The lowest BCUT2D eigenvalue weighted by atomic mass is 10.2. The monoisotopic (exact) mass is 428 g/mol. The molecule has 3 aromatic rings. The Balaban J connectivity index is 1.42. The summed E-state index contributed by atoms with van der Waals surface area (Å²) in [5.74, 6) is 0.521. The van der Waals surface area contributed by atoms with Gasteiger partial charge in [-0.25, -0.2) is 9.37 Å². The SMILES string of the molecule is Cc1nc(C)c(C(=O)N2CCc3nnc(CNC(=O)c4cccc(F)c4)n3CC2)s1. The third kappa shape index (κ3) is 4.09. The lowest BCUT2D eigenvalue weighted by molar-refractivity contribution is 0.0762. The normalized spacial score (nSPS) is 13.6. The van der Waals surface area contributed by atoms with Crippen LogP contribution in [0.5, 0.6) is 0 Å². The highest BCUT2D eigenvalue weighted by atomic mass is 32.1. The molecule has 30 heavy (non-hydrogen) atoms. The maximum Gasteiger partial charge on any atom is 0.265 e. The molecule has 10 heteroatoms. The molecule has 0 fully saturated rings. The Morgan fingerprint density at radius 3 is 2.77 bits per heavy atom. The number of hydrogen-bond donors (Lipinski definition) is 1. The van der Waals surface area contributed by atoms with Gasteiger partial charge >= 0.3 is 0 Å². The van der Waals surface area contributed by atoms with Crippen LogP contribution in [0, 0.1) is 19.7 Å². The van der Waals surface area contributed by atoms with Gasteiger partial charge in [-0.2, -0.15) is 0 Å². The van der Waals surface area contributed by atoms with E-state index < -0.39 is 5.82 Å². The van der Waals surface area contributed by atoms with Crippen molar-refractivity contribution in [2.45, 2.75) is 33.4 Å². The molecule has 156 valence electrons. The van der Waals surface area contributed by atoms with E-state index in [2.05, 4.69) is 20.5 Å². The average Bonchev–Trinajstić information content (AvgIpc) is 3.19. The number of benzene rings is 1. The number of aryl methyl sites for hydroxylation is 2. The first-order valence-corrected chi connectivity index (χ1v) is 10.4. The van der Waals surface area contributed by atoms with Crippen LogP contribution in [0.4, 0.5) is 4.39 Å². The van der Waals surface area contributed by atoms with E-state index in [1.165, 1.54) is 29.5 Å². The molecule has 2 aromatic heterocycles. The summed E-state index contributed by atoms with van der Waals surface area (Å²) in [5, 5.41) is 12.0. The van der Waals surface area contributed by atoms with Gasteiger partial charge in [0, 0.05) is 31.6 Å². The number of hydrogen-bond acceptors (Lipinski definition) is 6. The summed E-state index contributed by atoms with van der Waals surface area (Å²) in [5.41, 5.74) is 1.00. The van der Waals surface area contributed by atoms with Crippen molar-refractivity contribution in [3.63, 3.8) is 0 Å². The summed E-state index contributed by atoms with van der Waals surface area (Å²) in [6.45, 7) is 5.51. The molecule has 0 unspecified atom stereocenters. The van der Waals surface area contributed by atoms with Crippen molar-refractivity contribution in [1.29, 1.82) is 0 Å². The largest absolute Gasteiger partial charge is 0.345 e. The van der Waals surface area contributed by atoms with Crippen molar-refractivity contribution in [3.8, 4) is 0 Å². The molecule has 1 N–H and O–H groups in total. The minimum Gasteiger partial charge on any atom is -0.345 e. The fourth-order valence-corrected chi connectivity index (χ4v) is 4.37. The fraction of sp³-hybridized carbons (Fsp3) is 0.350. The van der Waals surface area contributed by atoms with E-state index in [4.69, 9.17) is 0 Å². The zero-order valence-electron chi connectivity index (χ0n) is 16.7. The van der Waals surface area contributed by atoms with Crippen LogP contribution in [0.1, 0.15) is 42.4 Å². The highest BCUT2D eigenvalue weighted by Gasteiger charge is 2.25. The number of thiazole rings is 1. The Hall–Kier alpha value is -3.14. The number of nitrogens with one attached hydrogen (secondary N) is 1. The molecule has 1 aromatic carbocycles. The second-order valence-corrected chi connectivity index (χ2v) is 8.27. The van der Waals surface area contributed by atoms with Crippen LogP contribution in [0.25, 0.3) is 0 Å². The van der Waals surface area contributed by atoms with Crippen molar-refractivity contribution in [1.82, 2.24) is 30.0 Å². The minimum atomic E-state index is -0.463. The van der Waals surface area contributed by atoms with E-state index >= 15 is 0 Å². The number of nitrogens with zero attached hydrogens (tertiary/aromatic N) is 5. The van der Waals surface area contributed by atoms with Gasteiger partial charge in [0.05, 0.1) is 17.2 Å². The summed E-state index contributed by atoms with van der Waals surface area (Å²) in [6, 6.07) is 5.52. The number of aromatic nitrogens is 4. The van der Waals surface area contributed by atoms with Crippen LogP contribution in [-0.2, 0) is 19.5 Å². The molecular weight excluding hydrogens is 407 g/mol. The van der Waals surface area contributed by atoms with Crippen molar-refractivity contribution >= 4 is 23.2 Å². The molecule has 0 aliphatic carbocycles. The van der Waals surface area contributed by atoms with Gasteiger partial charge in [0.2, 0.25) is 0 Å². The molecule has 1 aliphatic heterocycles. The number of amides is 2. The van der Waals surface area contributed by atoms with Crippen LogP contribution in [-0.4, -0.2) is 49.6 Å². The van der Waals surface area contributed by atoms with E-state index in [1.54, 1.807) is 6.07 Å². The summed E-state index contributed by atoms with van der Waals surface area (Å²) >= 11 is 1.41. The number of fused-ring (bicyclic) bond motifs is 1. The van der Waals surface area contributed by atoms with Gasteiger partial charge < -0.3 is 14.8 Å². The Labute approximate surface area is 176 Å². The molecule has 0 saturated heterocycles. The smallest absolute Gasteiger partial charge is 0.265 e. The third-order valence-electron chi connectivity index (χ3n) is 4.98. The predicted molar refractivity (Wildman–Crippen MR) is 109 cm³/mol. The minimum absolute atomic E-state index is 0.0160. The van der Waals surface area contributed by atoms with Crippen LogP contribution >= 0.6 is 11.3 Å². The summed E-state index contributed by atoms with van der Waals surface area (Å²) in [7, 11) is 0. The molecule has 1 aliphatic rings. The Morgan fingerprint density at radius 2 is 2.03 bits per heavy atom. The van der Waals surface area contributed by atoms with Crippen molar-refractivity contribution in [2.24, 2.45) is 0 Å². The second kappa shape index (κ2) is 8.31. The van der Waals surface area contributed by atoms with Gasteiger partial charge in [0.25, 0.3) is 11.8 Å². The summed E-state index contributed by atoms with van der Waals surface area (Å²) in [4.78, 5) is 32.0. The topological polar surface area (TPSA) is 93.0 Å². The maximum atomic E-state index is 13.3. The third-order valence-corrected chi connectivity index (χ3v) is 6.04. The van der Waals surface area contributed by atoms with E-state index in [1.807, 2.05) is 23.3 Å². The molecule has 8 nitrogen and oxygen atoms in total. The molecule has 2 amide bonds. The molecule has 0 bridgehead atoms. The Bertz CT molecular complexity index is 1110. The van der Waals surface area contributed by atoms with Crippen LogP contribution in [0.2, 0.25) is 0 Å². The van der Waals surface area contributed by atoms with Gasteiger partial charge in [-0.3, -0.25) is 9.59 Å². The van der Waals surface area contributed by atoms with Gasteiger partial charge in [0.1, 0.15) is 16.5 Å². The van der Waals surface area contributed by atoms with Gasteiger partial charge in [-0.05, 0) is 32.0 Å². The maximum absolute atomic E-state index is 13.3. The lowest BCUT2D eigenvalue weighted by Crippen LogP contribution is -2.34. The predicted octanol–water partition coefficient (Wildman–Crippen LogP) is 2.12. The van der Waals surface area contributed by atoms with Gasteiger partial charge in [-0.15, -0.1) is 21.5 Å². The fourth-order valence-electron chi connectivity index (χ4n) is 3.48. The Morgan fingerprint density at radius 1 is 1.20 bits per heavy atom. The Kier molecular flexibility index (Phi) is 5.58. The van der Waals surface area contributed by atoms with E-state index in [0.717, 1.165) is 16.5 Å². The first kappa shape index (κ1) is 20.1. The first-order valence-electron chi connectivity index (χ1n) is 9.60. The standard InChI is InChI=1S/C20H21FN6O2S/c1-12-18(30-13(2)23-12)20(29)26-7-6-16-24-25-17(27(16)9-8-26)11-22-19(28)14-4-3-5-15(21)10-14/h3-5,10H,6-9,11H2,1-2H3,(H,22,28). The van der Waals surface area contributed by atoms with Gasteiger partial charge in [0.15, 0.2) is 5.82 Å². The van der Waals surface area contributed by atoms with Crippen LogP contribution < -0.4 is 5.32 Å². The highest BCUT2D eigenvalue weighted by molar-refractivity contribution is 7.13. The average molecular weight is 428 g/mol. The van der Waals surface area contributed by atoms with Crippen molar-refractivity contribution in [2.75, 3.05) is 13.1 Å². The lowest BCUT2D eigenvalue weighted by Gasteiger charge is -2.19. The van der Waals surface area contributed by atoms with Crippen molar-refractivity contribution < 1.29 is 14.0 Å². The van der Waals surface area contributed by atoms with Crippen molar-refractivity contribution in [3.05, 3.63) is 62.9 Å². The number of halogens is 1. The molecular formula is C20H21FN6O2S. The number of carbonyl (C=O) groups excluding carboxylic acids is 2. The summed E-state index contributed by atoms with van der Waals surface area (Å²) < 4.78 is 15.3. The number of carbonyl (C=O) groups is 2. The molecule has 4 rings (SSSR count). The number of rotatable bonds is 4.